The summed E-state index contributed by atoms with van der Waals surface area (Å²) in [5, 5.41) is 11.5. The molecule has 6 heteroatoms. The van der Waals surface area contributed by atoms with E-state index in [-0.39, 0.29) is 24.5 Å². The highest BCUT2D eigenvalue weighted by Gasteiger charge is 2.27. The van der Waals surface area contributed by atoms with Crippen LogP contribution in [0.25, 0.3) is 0 Å². The molecule has 1 aliphatic heterocycles. The molecule has 1 rings (SSSR count). The van der Waals surface area contributed by atoms with Gasteiger partial charge in [0.1, 0.15) is 6.04 Å². The SMILES string of the molecule is CC(=O)NC(C)C(=O)N1CCOC(CO)C1. The van der Waals surface area contributed by atoms with Crippen molar-refractivity contribution in [3.05, 3.63) is 0 Å². The van der Waals surface area contributed by atoms with E-state index in [1.807, 2.05) is 0 Å². The molecule has 6 nitrogen and oxygen atoms in total. The number of hydrogen-bond donors (Lipinski definition) is 2. The van der Waals surface area contributed by atoms with Crippen LogP contribution in [-0.2, 0) is 14.3 Å². The number of nitrogens with one attached hydrogen (secondary N) is 1. The minimum Gasteiger partial charge on any atom is -0.394 e. The molecule has 0 aliphatic carbocycles. The maximum atomic E-state index is 11.9. The molecule has 1 saturated heterocycles. The van der Waals surface area contributed by atoms with E-state index in [0.717, 1.165) is 0 Å². The topological polar surface area (TPSA) is 78.9 Å². The molecule has 0 aromatic carbocycles. The molecule has 0 bridgehead atoms. The Morgan fingerprint density at radius 1 is 1.62 bits per heavy atom. The zero-order valence-electron chi connectivity index (χ0n) is 9.60. The average Bonchev–Trinajstić information content (AvgIpc) is 2.27. The number of morpholine rings is 1. The Bertz CT molecular complexity index is 270. The van der Waals surface area contributed by atoms with Gasteiger partial charge in [0.05, 0.1) is 19.3 Å². The van der Waals surface area contributed by atoms with Gasteiger partial charge in [-0.3, -0.25) is 9.59 Å². The van der Waals surface area contributed by atoms with Gasteiger partial charge in [0, 0.05) is 20.0 Å². The number of aliphatic hydroxyl groups excluding tert-OH is 1. The molecule has 2 atom stereocenters. The maximum absolute atomic E-state index is 11.9. The van der Waals surface area contributed by atoms with Crippen LogP contribution in [0.4, 0.5) is 0 Å². The molecule has 0 aromatic heterocycles. The lowest BCUT2D eigenvalue weighted by molar-refractivity contribution is -0.143. The summed E-state index contributed by atoms with van der Waals surface area (Å²) in [5.41, 5.74) is 0. The third-order valence-corrected chi connectivity index (χ3v) is 2.44. The minimum atomic E-state index is -0.532. The van der Waals surface area contributed by atoms with E-state index in [0.29, 0.717) is 19.7 Å². The molecule has 1 aliphatic rings. The van der Waals surface area contributed by atoms with Crippen molar-refractivity contribution in [2.75, 3.05) is 26.3 Å². The van der Waals surface area contributed by atoms with Crippen molar-refractivity contribution in [3.63, 3.8) is 0 Å². The molecule has 0 saturated carbocycles. The van der Waals surface area contributed by atoms with E-state index in [9.17, 15) is 9.59 Å². The van der Waals surface area contributed by atoms with Crippen molar-refractivity contribution in [2.45, 2.75) is 26.0 Å². The molecule has 92 valence electrons. The number of carbonyl (C=O) groups is 2. The average molecular weight is 230 g/mol. The molecule has 0 spiro atoms. The Hall–Kier alpha value is -1.14. The van der Waals surface area contributed by atoms with E-state index in [1.165, 1.54) is 6.92 Å². The van der Waals surface area contributed by atoms with Crippen LogP contribution in [0.5, 0.6) is 0 Å². The van der Waals surface area contributed by atoms with Gasteiger partial charge in [-0.2, -0.15) is 0 Å². The second-order valence-electron chi connectivity index (χ2n) is 3.88. The van der Waals surface area contributed by atoms with Crippen LogP contribution in [0.15, 0.2) is 0 Å². The Labute approximate surface area is 94.6 Å². The Morgan fingerprint density at radius 3 is 2.88 bits per heavy atom. The van der Waals surface area contributed by atoms with Crippen molar-refractivity contribution in [3.8, 4) is 0 Å². The Balaban J connectivity index is 2.49. The second-order valence-corrected chi connectivity index (χ2v) is 3.88. The van der Waals surface area contributed by atoms with Crippen molar-refractivity contribution in [1.29, 1.82) is 0 Å². The highest BCUT2D eigenvalue weighted by Crippen LogP contribution is 2.06. The normalized spacial score (nSPS) is 22.7. The van der Waals surface area contributed by atoms with Gasteiger partial charge >= 0.3 is 0 Å². The maximum Gasteiger partial charge on any atom is 0.245 e. The fourth-order valence-electron chi connectivity index (χ4n) is 1.67. The highest BCUT2D eigenvalue weighted by molar-refractivity contribution is 5.86. The van der Waals surface area contributed by atoms with Crippen molar-refractivity contribution < 1.29 is 19.4 Å². The first-order chi connectivity index (χ1) is 7.54. The standard InChI is InChI=1S/C10H18N2O4/c1-7(11-8(2)14)10(15)12-3-4-16-9(5-12)6-13/h7,9,13H,3-6H2,1-2H3,(H,11,14). The molecule has 0 radical (unpaired) electrons. The number of hydrogen-bond acceptors (Lipinski definition) is 4. The molecule has 16 heavy (non-hydrogen) atoms. The summed E-state index contributed by atoms with van der Waals surface area (Å²) in [4.78, 5) is 24.3. The van der Waals surface area contributed by atoms with E-state index >= 15 is 0 Å². The van der Waals surface area contributed by atoms with Crippen LogP contribution in [0.2, 0.25) is 0 Å². The van der Waals surface area contributed by atoms with E-state index in [4.69, 9.17) is 9.84 Å². The van der Waals surface area contributed by atoms with Crippen molar-refractivity contribution in [2.24, 2.45) is 0 Å². The van der Waals surface area contributed by atoms with Crippen LogP contribution >= 0.6 is 0 Å². The summed E-state index contributed by atoms with van der Waals surface area (Å²) in [6.45, 7) is 4.22. The summed E-state index contributed by atoms with van der Waals surface area (Å²) < 4.78 is 5.24. The smallest absolute Gasteiger partial charge is 0.245 e. The number of rotatable bonds is 3. The third-order valence-electron chi connectivity index (χ3n) is 2.44. The second kappa shape index (κ2) is 5.81. The van der Waals surface area contributed by atoms with Gasteiger partial charge in [0.25, 0.3) is 0 Å². The largest absolute Gasteiger partial charge is 0.394 e. The first-order valence-corrected chi connectivity index (χ1v) is 5.33. The predicted octanol–water partition coefficient (Wildman–Crippen LogP) is -1.27. The van der Waals surface area contributed by atoms with Crippen LogP contribution in [0.1, 0.15) is 13.8 Å². The monoisotopic (exact) mass is 230 g/mol. The van der Waals surface area contributed by atoms with Gasteiger partial charge in [-0.1, -0.05) is 0 Å². The molecule has 2 unspecified atom stereocenters. The van der Waals surface area contributed by atoms with Crippen LogP contribution in [-0.4, -0.2) is 60.3 Å². The molecular weight excluding hydrogens is 212 g/mol. The van der Waals surface area contributed by atoms with Crippen molar-refractivity contribution in [1.82, 2.24) is 10.2 Å². The summed E-state index contributed by atoms with van der Waals surface area (Å²) in [7, 11) is 0. The van der Waals surface area contributed by atoms with Gasteiger partial charge in [-0.25, -0.2) is 0 Å². The zero-order chi connectivity index (χ0) is 12.1. The van der Waals surface area contributed by atoms with Gasteiger partial charge in [0.2, 0.25) is 11.8 Å². The first-order valence-electron chi connectivity index (χ1n) is 5.33. The lowest BCUT2D eigenvalue weighted by Gasteiger charge is -2.33. The lowest BCUT2D eigenvalue weighted by Crippen LogP contribution is -2.53. The third kappa shape index (κ3) is 3.46. The van der Waals surface area contributed by atoms with E-state index < -0.39 is 6.04 Å². The van der Waals surface area contributed by atoms with Gasteiger partial charge in [-0.15, -0.1) is 0 Å². The number of ether oxygens (including phenoxy) is 1. The molecule has 2 amide bonds. The van der Waals surface area contributed by atoms with Crippen LogP contribution in [0.3, 0.4) is 0 Å². The Morgan fingerprint density at radius 2 is 2.31 bits per heavy atom. The van der Waals surface area contributed by atoms with E-state index in [2.05, 4.69) is 5.32 Å². The number of nitrogens with zero attached hydrogens (tertiary/aromatic N) is 1. The number of carbonyl (C=O) groups excluding carboxylic acids is 2. The number of aliphatic hydroxyl groups is 1. The molecule has 1 fully saturated rings. The zero-order valence-corrected chi connectivity index (χ0v) is 9.60. The fraction of sp³-hybridized carbons (Fsp3) is 0.800. The van der Waals surface area contributed by atoms with Crippen molar-refractivity contribution >= 4 is 11.8 Å². The highest BCUT2D eigenvalue weighted by atomic mass is 16.5. The fourth-order valence-corrected chi connectivity index (χ4v) is 1.67. The number of amides is 2. The van der Waals surface area contributed by atoms with Gasteiger partial charge in [0.15, 0.2) is 0 Å². The molecule has 2 N–H and O–H groups in total. The predicted molar refractivity (Wildman–Crippen MR) is 56.7 cm³/mol. The summed E-state index contributed by atoms with van der Waals surface area (Å²) in [6, 6.07) is -0.532. The molecular formula is C10H18N2O4. The first kappa shape index (κ1) is 12.9. The van der Waals surface area contributed by atoms with Crippen LogP contribution < -0.4 is 5.32 Å². The van der Waals surface area contributed by atoms with Gasteiger partial charge in [-0.05, 0) is 6.92 Å². The molecule has 0 aromatic rings. The summed E-state index contributed by atoms with van der Waals surface area (Å²) in [5.74, 6) is -0.371. The lowest BCUT2D eigenvalue weighted by atomic mass is 10.2. The molecule has 1 heterocycles. The minimum absolute atomic E-state index is 0.0989. The van der Waals surface area contributed by atoms with E-state index in [1.54, 1.807) is 11.8 Å². The Kier molecular flexibility index (Phi) is 4.70. The summed E-state index contributed by atoms with van der Waals surface area (Å²) in [6.07, 6.45) is -0.317. The quantitative estimate of drug-likeness (QED) is 0.633. The van der Waals surface area contributed by atoms with Gasteiger partial charge < -0.3 is 20.1 Å². The van der Waals surface area contributed by atoms with Crippen LogP contribution in [0, 0.1) is 0 Å². The summed E-state index contributed by atoms with van der Waals surface area (Å²) >= 11 is 0.